The summed E-state index contributed by atoms with van der Waals surface area (Å²) in [5, 5.41) is 0. The number of rotatable bonds is 10. The molecule has 1 aliphatic heterocycles. The summed E-state index contributed by atoms with van der Waals surface area (Å²) in [4.78, 5) is 38.3. The molecule has 3 atom stereocenters. The molecule has 10 nitrogen and oxygen atoms in total. The quantitative estimate of drug-likeness (QED) is 0.312. The number of aromatic nitrogens is 2. The molecule has 1 aromatic heterocycles. The maximum Gasteiger partial charge on any atom is 0.334 e. The van der Waals surface area contributed by atoms with Gasteiger partial charge < -0.3 is 18.5 Å². The van der Waals surface area contributed by atoms with Gasteiger partial charge in [0.15, 0.2) is 0 Å². The smallest absolute Gasteiger partial charge is 0.334 e. The summed E-state index contributed by atoms with van der Waals surface area (Å²) in [6.07, 6.45) is -1.25. The van der Waals surface area contributed by atoms with Crippen LogP contribution in [0.3, 0.4) is 0 Å². The predicted octanol–water partition coefficient (Wildman–Crippen LogP) is 3.69. The Balaban J connectivity index is 1.57. The number of hydrogen-bond acceptors (Lipinski definition) is 8. The van der Waals surface area contributed by atoms with E-state index >= 15 is 0 Å². The third-order valence-corrected chi connectivity index (χ3v) is 7.75. The Kier molecular flexibility index (Phi) is 8.56. The predicted molar refractivity (Wildman–Crippen MR) is 135 cm³/mol. The molecular formula is C26H29N2O8P. The van der Waals surface area contributed by atoms with Gasteiger partial charge in [-0.05, 0) is 18.1 Å². The molecule has 37 heavy (non-hydrogen) atoms. The highest BCUT2D eigenvalue weighted by molar-refractivity contribution is 7.53. The summed E-state index contributed by atoms with van der Waals surface area (Å²) in [6.45, 7) is 2.91. The van der Waals surface area contributed by atoms with Gasteiger partial charge in [0.25, 0.3) is 5.56 Å². The van der Waals surface area contributed by atoms with E-state index < -0.39 is 43.2 Å². The summed E-state index contributed by atoms with van der Waals surface area (Å²) >= 11 is 0. The van der Waals surface area contributed by atoms with Crippen LogP contribution >= 0.6 is 7.60 Å². The summed E-state index contributed by atoms with van der Waals surface area (Å²) in [7, 11) is -3.79. The Bertz CT molecular complexity index is 1330. The number of carbonyl (C=O) groups is 1. The number of hydrogen-bond donors (Lipinski definition) is 1. The van der Waals surface area contributed by atoms with E-state index in [0.717, 1.165) is 11.1 Å². The van der Waals surface area contributed by atoms with Crippen molar-refractivity contribution < 1.29 is 27.9 Å². The SMILES string of the molecule is CC(=O)O[C@H]1C[C@H](n2cc(C)c(=O)[nH]c2=O)O[C@@H]1CP(=O)(OCc1ccccc1)OCc1ccccc1. The Labute approximate surface area is 213 Å². The van der Waals surface area contributed by atoms with Gasteiger partial charge in [-0.2, -0.15) is 0 Å². The number of esters is 1. The summed E-state index contributed by atoms with van der Waals surface area (Å²) in [5.74, 6) is -0.547. The molecule has 2 aromatic carbocycles. The van der Waals surface area contributed by atoms with Crippen LogP contribution in [0.15, 0.2) is 76.4 Å². The topological polar surface area (TPSA) is 126 Å². The maximum absolute atomic E-state index is 14.0. The molecule has 1 saturated heterocycles. The van der Waals surface area contributed by atoms with Crippen molar-refractivity contribution in [3.63, 3.8) is 0 Å². The lowest BCUT2D eigenvalue weighted by Gasteiger charge is -2.24. The Morgan fingerprint density at radius 2 is 1.59 bits per heavy atom. The van der Waals surface area contributed by atoms with Crippen LogP contribution in [0.4, 0.5) is 0 Å². The molecule has 0 spiro atoms. The molecule has 0 saturated carbocycles. The van der Waals surface area contributed by atoms with E-state index in [9.17, 15) is 18.9 Å². The monoisotopic (exact) mass is 528 g/mol. The van der Waals surface area contributed by atoms with Crippen molar-refractivity contribution in [3.05, 3.63) is 104 Å². The number of nitrogens with zero attached hydrogens (tertiary/aromatic N) is 1. The normalized spacial score (nSPS) is 19.6. The average Bonchev–Trinajstić information content (AvgIpc) is 3.26. The van der Waals surface area contributed by atoms with E-state index in [0.29, 0.717) is 5.56 Å². The van der Waals surface area contributed by atoms with Gasteiger partial charge in [0, 0.05) is 25.1 Å². The van der Waals surface area contributed by atoms with Crippen molar-refractivity contribution in [1.29, 1.82) is 0 Å². The Hall–Kier alpha value is -3.30. The van der Waals surface area contributed by atoms with Crippen LogP contribution in [-0.2, 0) is 41.1 Å². The number of carbonyl (C=O) groups excluding carboxylic acids is 1. The van der Waals surface area contributed by atoms with Gasteiger partial charge in [-0.1, -0.05) is 60.7 Å². The van der Waals surface area contributed by atoms with E-state index in [4.69, 9.17) is 18.5 Å². The molecule has 0 unspecified atom stereocenters. The second-order valence-corrected chi connectivity index (χ2v) is 10.9. The van der Waals surface area contributed by atoms with Crippen LogP contribution in [0.5, 0.6) is 0 Å². The second kappa shape index (κ2) is 11.8. The molecule has 1 N–H and O–H groups in total. The van der Waals surface area contributed by atoms with Gasteiger partial charge in [-0.15, -0.1) is 0 Å². The second-order valence-electron chi connectivity index (χ2n) is 8.80. The van der Waals surface area contributed by atoms with E-state index in [2.05, 4.69) is 4.98 Å². The van der Waals surface area contributed by atoms with Gasteiger partial charge >= 0.3 is 19.3 Å². The zero-order valence-electron chi connectivity index (χ0n) is 20.6. The molecule has 2 heterocycles. The largest absolute Gasteiger partial charge is 0.460 e. The van der Waals surface area contributed by atoms with Crippen LogP contribution < -0.4 is 11.2 Å². The Morgan fingerprint density at radius 3 is 2.14 bits per heavy atom. The average molecular weight is 528 g/mol. The van der Waals surface area contributed by atoms with Crippen molar-refractivity contribution in [2.45, 2.75) is 51.9 Å². The molecule has 0 amide bonds. The maximum atomic E-state index is 14.0. The van der Waals surface area contributed by atoms with Crippen LogP contribution in [0.25, 0.3) is 0 Å². The zero-order chi connectivity index (χ0) is 26.4. The molecule has 1 fully saturated rings. The fourth-order valence-electron chi connectivity index (χ4n) is 4.03. The number of H-pyrrole nitrogens is 1. The number of aromatic amines is 1. The van der Waals surface area contributed by atoms with Gasteiger partial charge in [0.05, 0.1) is 19.4 Å². The lowest BCUT2D eigenvalue weighted by molar-refractivity contribution is -0.148. The summed E-state index contributed by atoms with van der Waals surface area (Å²) in [5.41, 5.74) is 0.775. The highest BCUT2D eigenvalue weighted by atomic mass is 31.2. The van der Waals surface area contributed by atoms with E-state index in [1.165, 1.54) is 17.7 Å². The number of benzene rings is 2. The van der Waals surface area contributed by atoms with Gasteiger partial charge in [0.1, 0.15) is 18.4 Å². The van der Waals surface area contributed by atoms with Crippen molar-refractivity contribution in [3.8, 4) is 0 Å². The van der Waals surface area contributed by atoms with E-state index in [-0.39, 0.29) is 25.8 Å². The van der Waals surface area contributed by atoms with E-state index in [1.807, 2.05) is 60.7 Å². The summed E-state index contributed by atoms with van der Waals surface area (Å²) < 4.78 is 38.4. The molecule has 11 heteroatoms. The molecule has 196 valence electrons. The standard InChI is InChI=1S/C26H29N2O8P/c1-18-14-28(26(31)27-25(18)30)24-13-22(35-19(2)29)23(36-24)17-37(32,33-15-20-9-5-3-6-10-20)34-16-21-11-7-4-8-12-21/h3-12,14,22-24H,13,15-17H2,1-2H3,(H,27,30,31)/t22-,23+,24+/m0/s1. The van der Waals surface area contributed by atoms with Crippen molar-refractivity contribution >= 4 is 13.6 Å². The fourth-order valence-corrected chi connectivity index (χ4v) is 5.77. The molecule has 0 bridgehead atoms. The van der Waals surface area contributed by atoms with Crippen LogP contribution in [-0.4, -0.2) is 33.9 Å². The van der Waals surface area contributed by atoms with Gasteiger partial charge in [0.2, 0.25) is 0 Å². The third kappa shape index (κ3) is 7.14. The van der Waals surface area contributed by atoms with Gasteiger partial charge in [-0.3, -0.25) is 23.7 Å². The summed E-state index contributed by atoms with van der Waals surface area (Å²) in [6, 6.07) is 18.5. The molecule has 1 aliphatic rings. The van der Waals surface area contributed by atoms with Crippen molar-refractivity contribution in [1.82, 2.24) is 9.55 Å². The number of aryl methyl sites for hydroxylation is 1. The van der Waals surface area contributed by atoms with Gasteiger partial charge in [-0.25, -0.2) is 4.79 Å². The van der Waals surface area contributed by atoms with Crippen LogP contribution in [0.2, 0.25) is 0 Å². The first kappa shape index (κ1) is 26.8. The molecule has 4 rings (SSSR count). The molecule has 3 aromatic rings. The highest BCUT2D eigenvalue weighted by Gasteiger charge is 2.44. The highest BCUT2D eigenvalue weighted by Crippen LogP contribution is 2.52. The minimum Gasteiger partial charge on any atom is -0.460 e. The Morgan fingerprint density at radius 1 is 1.03 bits per heavy atom. The molecule has 0 radical (unpaired) electrons. The van der Waals surface area contributed by atoms with Crippen molar-refractivity contribution in [2.75, 3.05) is 6.16 Å². The minimum absolute atomic E-state index is 0.0415. The first-order valence-electron chi connectivity index (χ1n) is 11.8. The third-order valence-electron chi connectivity index (χ3n) is 5.90. The lowest BCUT2D eigenvalue weighted by Crippen LogP contribution is -2.33. The van der Waals surface area contributed by atoms with Crippen molar-refractivity contribution in [2.24, 2.45) is 0 Å². The fraction of sp³-hybridized carbons (Fsp3) is 0.346. The van der Waals surface area contributed by atoms with Crippen LogP contribution in [0, 0.1) is 6.92 Å². The minimum atomic E-state index is -3.79. The number of nitrogens with one attached hydrogen (secondary N) is 1. The van der Waals surface area contributed by atoms with E-state index in [1.54, 1.807) is 6.92 Å². The zero-order valence-corrected chi connectivity index (χ0v) is 21.5. The van der Waals surface area contributed by atoms with Crippen LogP contribution in [0.1, 0.15) is 36.3 Å². The number of ether oxygens (including phenoxy) is 2. The first-order valence-corrected chi connectivity index (χ1v) is 13.6. The molecular weight excluding hydrogens is 499 g/mol. The molecule has 0 aliphatic carbocycles. The first-order chi connectivity index (χ1) is 17.7. The lowest BCUT2D eigenvalue weighted by atomic mass is 10.2.